The minimum absolute atomic E-state index is 0.228. The Morgan fingerprint density at radius 3 is 2.59 bits per heavy atom. The Hall–Kier alpha value is -0.610. The van der Waals surface area contributed by atoms with Crippen LogP contribution in [0.15, 0.2) is 16.7 Å². The summed E-state index contributed by atoms with van der Waals surface area (Å²) < 4.78 is 1.05. The number of rotatable bonds is 5. The molecule has 4 heteroatoms. The second-order valence-electron chi connectivity index (χ2n) is 5.57. The lowest BCUT2D eigenvalue weighted by atomic mass is 9.93. The van der Waals surface area contributed by atoms with Gasteiger partial charge in [0.25, 0.3) is 0 Å². The number of aromatic nitrogens is 1. The van der Waals surface area contributed by atoms with Crippen molar-refractivity contribution in [3.8, 4) is 0 Å². The number of nitrogens with one attached hydrogen (secondary N) is 1. The predicted molar refractivity (Wildman–Crippen MR) is 77.5 cm³/mol. The molecule has 0 bridgehead atoms. The average Bonchev–Trinajstić information content (AvgIpc) is 2.18. The van der Waals surface area contributed by atoms with E-state index < -0.39 is 0 Å². The number of nitrogens with zero attached hydrogens (tertiary/aromatic N) is 2. The Morgan fingerprint density at radius 2 is 2.06 bits per heavy atom. The molecule has 0 amide bonds. The first-order valence-corrected chi connectivity index (χ1v) is 6.60. The number of anilines is 1. The number of hydrogen-bond donors (Lipinski definition) is 1. The van der Waals surface area contributed by atoms with Crippen LogP contribution in [0.4, 0.5) is 5.82 Å². The molecule has 0 radical (unpaired) electrons. The molecule has 96 valence electrons. The zero-order valence-corrected chi connectivity index (χ0v) is 12.9. The monoisotopic (exact) mass is 299 g/mol. The van der Waals surface area contributed by atoms with Gasteiger partial charge < -0.3 is 10.2 Å². The first kappa shape index (κ1) is 14.5. The second-order valence-corrected chi connectivity index (χ2v) is 6.43. The standard InChI is InChI=1S/C13H22BrN3/c1-10-6-12(15-7-11(10)14)16-8-13(2,3)9-17(4)5/h6-7H,8-9H2,1-5H3,(H,15,16). The third-order valence-electron chi connectivity index (χ3n) is 2.54. The molecule has 1 heterocycles. The number of hydrogen-bond acceptors (Lipinski definition) is 3. The quantitative estimate of drug-likeness (QED) is 0.905. The van der Waals surface area contributed by atoms with Crippen LogP contribution in [0.5, 0.6) is 0 Å². The molecule has 0 aliphatic carbocycles. The van der Waals surface area contributed by atoms with Crippen LogP contribution in [-0.2, 0) is 0 Å². The van der Waals surface area contributed by atoms with Crippen LogP contribution in [0, 0.1) is 12.3 Å². The lowest BCUT2D eigenvalue weighted by Crippen LogP contribution is -2.34. The van der Waals surface area contributed by atoms with Gasteiger partial charge in [0.1, 0.15) is 5.82 Å². The molecule has 17 heavy (non-hydrogen) atoms. The zero-order valence-electron chi connectivity index (χ0n) is 11.3. The molecule has 0 fully saturated rings. The predicted octanol–water partition coefficient (Wildman–Crippen LogP) is 3.15. The fourth-order valence-electron chi connectivity index (χ4n) is 1.88. The van der Waals surface area contributed by atoms with E-state index in [0.29, 0.717) is 0 Å². The van der Waals surface area contributed by atoms with Gasteiger partial charge in [-0.15, -0.1) is 0 Å². The molecule has 0 aliphatic heterocycles. The third-order valence-corrected chi connectivity index (χ3v) is 3.37. The van der Waals surface area contributed by atoms with E-state index >= 15 is 0 Å². The third kappa shape index (κ3) is 5.04. The first-order valence-electron chi connectivity index (χ1n) is 5.81. The van der Waals surface area contributed by atoms with E-state index in [-0.39, 0.29) is 5.41 Å². The number of pyridine rings is 1. The molecule has 0 saturated heterocycles. The first-order chi connectivity index (χ1) is 7.80. The number of halogens is 1. The van der Waals surface area contributed by atoms with E-state index in [9.17, 15) is 0 Å². The van der Waals surface area contributed by atoms with E-state index in [2.05, 4.69) is 72.1 Å². The van der Waals surface area contributed by atoms with E-state index in [1.807, 2.05) is 6.20 Å². The van der Waals surface area contributed by atoms with Crippen molar-refractivity contribution in [2.75, 3.05) is 32.5 Å². The maximum absolute atomic E-state index is 4.35. The van der Waals surface area contributed by atoms with Gasteiger partial charge in [-0.3, -0.25) is 0 Å². The highest BCUT2D eigenvalue weighted by atomic mass is 79.9. The van der Waals surface area contributed by atoms with Crippen molar-refractivity contribution in [1.29, 1.82) is 0 Å². The fourth-order valence-corrected chi connectivity index (χ4v) is 2.09. The summed E-state index contributed by atoms with van der Waals surface area (Å²) in [5.74, 6) is 0.942. The Bertz CT molecular complexity index is 375. The summed E-state index contributed by atoms with van der Waals surface area (Å²) in [6.07, 6.45) is 1.84. The fraction of sp³-hybridized carbons (Fsp3) is 0.615. The van der Waals surface area contributed by atoms with Crippen LogP contribution < -0.4 is 5.32 Å². The normalized spacial score (nSPS) is 11.9. The summed E-state index contributed by atoms with van der Waals surface area (Å²) in [7, 11) is 4.20. The summed E-state index contributed by atoms with van der Waals surface area (Å²) in [5, 5.41) is 3.40. The van der Waals surface area contributed by atoms with Gasteiger partial charge >= 0.3 is 0 Å². The highest BCUT2D eigenvalue weighted by Crippen LogP contribution is 2.20. The van der Waals surface area contributed by atoms with Crippen molar-refractivity contribution >= 4 is 21.7 Å². The lowest BCUT2D eigenvalue weighted by molar-refractivity contribution is 0.254. The summed E-state index contributed by atoms with van der Waals surface area (Å²) in [6.45, 7) is 8.55. The molecule has 1 rings (SSSR count). The summed E-state index contributed by atoms with van der Waals surface area (Å²) >= 11 is 3.46. The van der Waals surface area contributed by atoms with Gasteiger partial charge in [-0.2, -0.15) is 0 Å². The van der Waals surface area contributed by atoms with Gasteiger partial charge in [0.05, 0.1) is 0 Å². The van der Waals surface area contributed by atoms with Gasteiger partial charge in [-0.1, -0.05) is 13.8 Å². The number of aryl methyl sites for hydroxylation is 1. The second kappa shape index (κ2) is 5.83. The van der Waals surface area contributed by atoms with Gasteiger partial charge in [0, 0.05) is 23.8 Å². The molecule has 0 atom stereocenters. The van der Waals surface area contributed by atoms with Crippen molar-refractivity contribution in [2.24, 2.45) is 5.41 Å². The van der Waals surface area contributed by atoms with Crippen LogP contribution in [0.25, 0.3) is 0 Å². The van der Waals surface area contributed by atoms with Crippen LogP contribution in [0.1, 0.15) is 19.4 Å². The van der Waals surface area contributed by atoms with Gasteiger partial charge in [0.15, 0.2) is 0 Å². The molecule has 0 unspecified atom stereocenters. The molecular weight excluding hydrogens is 278 g/mol. The van der Waals surface area contributed by atoms with Crippen LogP contribution in [-0.4, -0.2) is 37.1 Å². The van der Waals surface area contributed by atoms with Gasteiger partial charge in [-0.25, -0.2) is 4.98 Å². The zero-order chi connectivity index (χ0) is 13.1. The van der Waals surface area contributed by atoms with Crippen LogP contribution >= 0.6 is 15.9 Å². The molecule has 3 nitrogen and oxygen atoms in total. The smallest absolute Gasteiger partial charge is 0.126 e. The summed E-state index contributed by atoms with van der Waals surface area (Å²) in [6, 6.07) is 2.07. The Labute approximate surface area is 113 Å². The maximum atomic E-state index is 4.35. The van der Waals surface area contributed by atoms with Gasteiger partial charge in [-0.05, 0) is 54.0 Å². The SMILES string of the molecule is Cc1cc(NCC(C)(C)CN(C)C)ncc1Br. The van der Waals surface area contributed by atoms with E-state index in [1.165, 1.54) is 5.56 Å². The van der Waals surface area contributed by atoms with Gasteiger partial charge in [0.2, 0.25) is 0 Å². The molecule has 1 N–H and O–H groups in total. The highest BCUT2D eigenvalue weighted by Gasteiger charge is 2.18. The largest absolute Gasteiger partial charge is 0.369 e. The highest BCUT2D eigenvalue weighted by molar-refractivity contribution is 9.10. The Kier molecular flexibility index (Phi) is 4.95. The van der Waals surface area contributed by atoms with Crippen molar-refractivity contribution in [2.45, 2.75) is 20.8 Å². The maximum Gasteiger partial charge on any atom is 0.126 e. The van der Waals surface area contributed by atoms with Crippen molar-refractivity contribution < 1.29 is 0 Å². The Balaban J connectivity index is 2.58. The van der Waals surface area contributed by atoms with E-state index in [1.54, 1.807) is 0 Å². The molecule has 0 aromatic carbocycles. The molecule has 0 saturated carbocycles. The summed E-state index contributed by atoms with van der Waals surface area (Å²) in [4.78, 5) is 6.56. The molecule has 0 spiro atoms. The lowest BCUT2D eigenvalue weighted by Gasteiger charge is -2.28. The molecule has 1 aromatic heterocycles. The van der Waals surface area contributed by atoms with Crippen LogP contribution in [0.3, 0.4) is 0 Å². The van der Waals surface area contributed by atoms with Crippen molar-refractivity contribution in [3.05, 3.63) is 22.3 Å². The van der Waals surface area contributed by atoms with Crippen LogP contribution in [0.2, 0.25) is 0 Å². The van der Waals surface area contributed by atoms with Crippen molar-refractivity contribution in [3.63, 3.8) is 0 Å². The Morgan fingerprint density at radius 1 is 1.41 bits per heavy atom. The minimum atomic E-state index is 0.228. The molecular formula is C13H22BrN3. The average molecular weight is 300 g/mol. The molecule has 1 aromatic rings. The van der Waals surface area contributed by atoms with E-state index in [0.717, 1.165) is 23.4 Å². The summed E-state index contributed by atoms with van der Waals surface area (Å²) in [5.41, 5.74) is 1.43. The van der Waals surface area contributed by atoms with E-state index in [4.69, 9.17) is 0 Å². The molecule has 0 aliphatic rings. The minimum Gasteiger partial charge on any atom is -0.369 e. The topological polar surface area (TPSA) is 28.2 Å². The van der Waals surface area contributed by atoms with Crippen molar-refractivity contribution in [1.82, 2.24) is 9.88 Å².